The van der Waals surface area contributed by atoms with Gasteiger partial charge in [-0.15, -0.1) is 0 Å². The highest BCUT2D eigenvalue weighted by Gasteiger charge is 2.23. The van der Waals surface area contributed by atoms with Gasteiger partial charge in [0.15, 0.2) is 0 Å². The predicted molar refractivity (Wildman–Crippen MR) is 68.9 cm³/mol. The van der Waals surface area contributed by atoms with Crippen LogP contribution < -0.4 is 10.1 Å². The average molecular weight is 250 g/mol. The number of nitro groups is 1. The van der Waals surface area contributed by atoms with Crippen LogP contribution in [0.5, 0.6) is 5.75 Å². The van der Waals surface area contributed by atoms with Gasteiger partial charge in [-0.3, -0.25) is 10.1 Å². The Labute approximate surface area is 106 Å². The summed E-state index contributed by atoms with van der Waals surface area (Å²) >= 11 is 0. The van der Waals surface area contributed by atoms with Crippen LogP contribution in [0.1, 0.15) is 18.9 Å². The largest absolute Gasteiger partial charge is 0.489 e. The van der Waals surface area contributed by atoms with Crippen molar-refractivity contribution in [1.82, 2.24) is 5.32 Å². The van der Waals surface area contributed by atoms with Crippen molar-refractivity contribution in [2.45, 2.75) is 26.4 Å². The first-order valence-corrected chi connectivity index (χ1v) is 6.19. The minimum Gasteiger partial charge on any atom is -0.489 e. The molecular weight excluding hydrogens is 232 g/mol. The third kappa shape index (κ3) is 2.98. The lowest BCUT2D eigenvalue weighted by atomic mass is 9.97. The molecule has 1 N–H and O–H groups in total. The third-order valence-electron chi connectivity index (χ3n) is 3.29. The number of nitrogens with one attached hydrogen (secondary N) is 1. The van der Waals surface area contributed by atoms with Crippen molar-refractivity contribution in [2.75, 3.05) is 13.1 Å². The predicted octanol–water partition coefficient (Wildman–Crippen LogP) is 2.28. The van der Waals surface area contributed by atoms with Crippen LogP contribution in [0.15, 0.2) is 18.2 Å². The number of ether oxygens (including phenoxy) is 1. The standard InChI is InChI=1S/C13H18N2O3/c1-9-5-11(15(16)17)7-12(6-9)18-13-8-14-4-3-10(13)2/h5-7,10,13-14H,3-4,8H2,1-2H3. The van der Waals surface area contributed by atoms with Gasteiger partial charge in [0.1, 0.15) is 11.9 Å². The molecule has 0 spiro atoms. The van der Waals surface area contributed by atoms with Crippen molar-refractivity contribution in [3.05, 3.63) is 33.9 Å². The zero-order chi connectivity index (χ0) is 13.1. The topological polar surface area (TPSA) is 64.4 Å². The van der Waals surface area contributed by atoms with Crippen LogP contribution in [0, 0.1) is 23.0 Å². The van der Waals surface area contributed by atoms with Crippen LogP contribution >= 0.6 is 0 Å². The number of nitro benzene ring substituents is 1. The van der Waals surface area contributed by atoms with Crippen LogP contribution in [0.25, 0.3) is 0 Å². The fraction of sp³-hybridized carbons (Fsp3) is 0.538. The zero-order valence-electron chi connectivity index (χ0n) is 10.7. The van der Waals surface area contributed by atoms with E-state index < -0.39 is 0 Å². The quantitative estimate of drug-likeness (QED) is 0.660. The van der Waals surface area contributed by atoms with E-state index in [0.29, 0.717) is 11.7 Å². The van der Waals surface area contributed by atoms with Crippen LogP contribution in [0.2, 0.25) is 0 Å². The van der Waals surface area contributed by atoms with Gasteiger partial charge in [0.25, 0.3) is 5.69 Å². The minimum atomic E-state index is -0.386. The van der Waals surface area contributed by atoms with Crippen molar-refractivity contribution < 1.29 is 9.66 Å². The Morgan fingerprint density at radius 3 is 2.89 bits per heavy atom. The summed E-state index contributed by atoms with van der Waals surface area (Å²) < 4.78 is 5.87. The molecule has 1 aromatic carbocycles. The second-order valence-corrected chi connectivity index (χ2v) is 4.89. The molecule has 1 heterocycles. The van der Waals surface area contributed by atoms with E-state index in [-0.39, 0.29) is 16.7 Å². The molecule has 5 nitrogen and oxygen atoms in total. The van der Waals surface area contributed by atoms with E-state index in [1.54, 1.807) is 6.07 Å². The Balaban J connectivity index is 2.15. The number of non-ortho nitro benzene ring substituents is 1. The fourth-order valence-electron chi connectivity index (χ4n) is 2.20. The van der Waals surface area contributed by atoms with E-state index in [4.69, 9.17) is 4.74 Å². The smallest absolute Gasteiger partial charge is 0.273 e. The lowest BCUT2D eigenvalue weighted by Crippen LogP contribution is -2.42. The Morgan fingerprint density at radius 2 is 2.22 bits per heavy atom. The number of hydrogen-bond donors (Lipinski definition) is 1. The number of benzene rings is 1. The van der Waals surface area contributed by atoms with Gasteiger partial charge in [-0.2, -0.15) is 0 Å². The maximum atomic E-state index is 10.8. The van der Waals surface area contributed by atoms with Crippen LogP contribution in [0.3, 0.4) is 0 Å². The van der Waals surface area contributed by atoms with Gasteiger partial charge < -0.3 is 10.1 Å². The summed E-state index contributed by atoms with van der Waals surface area (Å²) in [6.45, 7) is 5.79. The van der Waals surface area contributed by atoms with E-state index in [0.717, 1.165) is 25.1 Å². The molecule has 5 heteroatoms. The molecule has 1 fully saturated rings. The number of aryl methyl sites for hydroxylation is 1. The molecule has 0 saturated carbocycles. The molecule has 1 aromatic rings. The van der Waals surface area contributed by atoms with Crippen molar-refractivity contribution >= 4 is 5.69 Å². The molecule has 0 bridgehead atoms. The first-order chi connectivity index (χ1) is 8.56. The SMILES string of the molecule is Cc1cc(OC2CNCCC2C)cc([N+](=O)[O-])c1. The second kappa shape index (κ2) is 5.35. The van der Waals surface area contributed by atoms with Crippen molar-refractivity contribution in [3.63, 3.8) is 0 Å². The summed E-state index contributed by atoms with van der Waals surface area (Å²) in [4.78, 5) is 10.4. The molecule has 1 aliphatic heterocycles. The summed E-state index contributed by atoms with van der Waals surface area (Å²) in [7, 11) is 0. The van der Waals surface area contributed by atoms with Gasteiger partial charge in [-0.25, -0.2) is 0 Å². The summed E-state index contributed by atoms with van der Waals surface area (Å²) in [6.07, 6.45) is 1.15. The molecule has 98 valence electrons. The molecule has 0 amide bonds. The Kier molecular flexibility index (Phi) is 3.81. The summed E-state index contributed by atoms with van der Waals surface area (Å²) in [5.74, 6) is 1.05. The molecule has 2 atom stereocenters. The summed E-state index contributed by atoms with van der Waals surface area (Å²) in [5, 5.41) is 14.1. The molecular formula is C13H18N2O3. The Hall–Kier alpha value is -1.62. The highest BCUT2D eigenvalue weighted by atomic mass is 16.6. The van der Waals surface area contributed by atoms with Gasteiger partial charge in [0.2, 0.25) is 0 Å². The first kappa shape index (κ1) is 12.8. The highest BCUT2D eigenvalue weighted by molar-refractivity contribution is 5.42. The lowest BCUT2D eigenvalue weighted by molar-refractivity contribution is -0.385. The molecule has 0 aliphatic carbocycles. The van der Waals surface area contributed by atoms with E-state index >= 15 is 0 Å². The molecule has 2 unspecified atom stereocenters. The number of nitrogens with zero attached hydrogens (tertiary/aromatic N) is 1. The molecule has 2 rings (SSSR count). The maximum absolute atomic E-state index is 10.8. The Morgan fingerprint density at radius 1 is 1.44 bits per heavy atom. The minimum absolute atomic E-state index is 0.0835. The summed E-state index contributed by atoms with van der Waals surface area (Å²) in [6, 6.07) is 4.89. The first-order valence-electron chi connectivity index (χ1n) is 6.19. The van der Waals surface area contributed by atoms with Crippen molar-refractivity contribution in [1.29, 1.82) is 0 Å². The molecule has 0 aromatic heterocycles. The van der Waals surface area contributed by atoms with Gasteiger partial charge in [-0.1, -0.05) is 6.92 Å². The fourth-order valence-corrected chi connectivity index (χ4v) is 2.20. The third-order valence-corrected chi connectivity index (χ3v) is 3.29. The van der Waals surface area contributed by atoms with Crippen LogP contribution in [-0.4, -0.2) is 24.1 Å². The zero-order valence-corrected chi connectivity index (χ0v) is 10.7. The number of hydrogen-bond acceptors (Lipinski definition) is 4. The molecule has 0 radical (unpaired) electrons. The highest BCUT2D eigenvalue weighted by Crippen LogP contribution is 2.25. The van der Waals surface area contributed by atoms with Gasteiger partial charge >= 0.3 is 0 Å². The van der Waals surface area contributed by atoms with Gasteiger partial charge in [0.05, 0.1) is 11.0 Å². The summed E-state index contributed by atoms with van der Waals surface area (Å²) in [5.41, 5.74) is 0.928. The number of rotatable bonds is 3. The Bertz CT molecular complexity index is 448. The monoisotopic (exact) mass is 250 g/mol. The molecule has 1 saturated heterocycles. The van der Waals surface area contributed by atoms with Crippen molar-refractivity contribution in [2.24, 2.45) is 5.92 Å². The average Bonchev–Trinajstić information content (AvgIpc) is 2.31. The second-order valence-electron chi connectivity index (χ2n) is 4.89. The van der Waals surface area contributed by atoms with Gasteiger partial charge in [0, 0.05) is 12.6 Å². The van der Waals surface area contributed by atoms with Crippen LogP contribution in [-0.2, 0) is 0 Å². The van der Waals surface area contributed by atoms with Gasteiger partial charge in [-0.05, 0) is 37.4 Å². The van der Waals surface area contributed by atoms with E-state index in [2.05, 4.69) is 12.2 Å². The number of piperidine rings is 1. The maximum Gasteiger partial charge on any atom is 0.273 e. The van der Waals surface area contributed by atoms with Crippen LogP contribution in [0.4, 0.5) is 5.69 Å². The van der Waals surface area contributed by atoms with E-state index in [1.165, 1.54) is 6.07 Å². The lowest BCUT2D eigenvalue weighted by Gasteiger charge is -2.30. The molecule has 18 heavy (non-hydrogen) atoms. The normalized spacial score (nSPS) is 23.7. The van der Waals surface area contributed by atoms with E-state index in [1.807, 2.05) is 13.0 Å². The van der Waals surface area contributed by atoms with E-state index in [9.17, 15) is 10.1 Å². The molecule has 1 aliphatic rings. The van der Waals surface area contributed by atoms with Crippen molar-refractivity contribution in [3.8, 4) is 5.75 Å².